The Morgan fingerprint density at radius 1 is 0.800 bits per heavy atom. The molecule has 0 atom stereocenters. The van der Waals surface area contributed by atoms with Crippen molar-refractivity contribution in [3.05, 3.63) is 72.7 Å². The van der Waals surface area contributed by atoms with E-state index in [0.29, 0.717) is 16.9 Å². The minimum absolute atomic E-state index is 0.476. The Hall–Kier alpha value is -2.68. The van der Waals surface area contributed by atoms with Gasteiger partial charge >= 0.3 is 0 Å². The Bertz CT molecular complexity index is 664. The molecule has 2 nitrogen and oxygen atoms in total. The van der Waals surface area contributed by atoms with Gasteiger partial charge in [0.1, 0.15) is 0 Å². The number of nitrogens with two attached hydrogens (primary N) is 1. The van der Waals surface area contributed by atoms with E-state index in [4.69, 9.17) is 5.73 Å². The van der Waals surface area contributed by atoms with Crippen LogP contribution in [0.3, 0.4) is 0 Å². The maximum atomic E-state index is 13.8. The minimum Gasteiger partial charge on any atom is -0.396 e. The van der Waals surface area contributed by atoms with Crippen LogP contribution in [0.15, 0.2) is 66.7 Å². The number of nitrogen functional groups attached to an aromatic ring is 1. The summed E-state index contributed by atoms with van der Waals surface area (Å²) in [5, 5.41) is 0. The third kappa shape index (κ3) is 2.26. The van der Waals surface area contributed by atoms with Crippen molar-refractivity contribution in [1.82, 2.24) is 4.98 Å². The number of hydrogen-bond donors (Lipinski definition) is 1. The fourth-order valence-corrected chi connectivity index (χ4v) is 2.20. The van der Waals surface area contributed by atoms with Gasteiger partial charge in [-0.1, -0.05) is 60.7 Å². The fourth-order valence-electron chi connectivity index (χ4n) is 2.20. The quantitative estimate of drug-likeness (QED) is 0.706. The van der Waals surface area contributed by atoms with Crippen LogP contribution in [-0.4, -0.2) is 4.98 Å². The van der Waals surface area contributed by atoms with Crippen LogP contribution in [0.5, 0.6) is 0 Å². The van der Waals surface area contributed by atoms with Crippen LogP contribution in [0.25, 0.3) is 22.4 Å². The van der Waals surface area contributed by atoms with Crippen molar-refractivity contribution in [2.24, 2.45) is 0 Å². The number of anilines is 1. The van der Waals surface area contributed by atoms with Crippen molar-refractivity contribution >= 4 is 5.69 Å². The van der Waals surface area contributed by atoms with E-state index in [1.807, 2.05) is 60.7 Å². The summed E-state index contributed by atoms with van der Waals surface area (Å²) >= 11 is 0. The first kappa shape index (κ1) is 12.4. The van der Waals surface area contributed by atoms with Gasteiger partial charge in [-0.2, -0.15) is 4.39 Å². The SMILES string of the molecule is Nc1c(-c2ccccc2)cc(F)nc1-c1ccccc1. The third-order valence-electron chi connectivity index (χ3n) is 3.16. The maximum absolute atomic E-state index is 13.8. The van der Waals surface area contributed by atoms with Gasteiger partial charge < -0.3 is 5.73 Å². The highest BCUT2D eigenvalue weighted by Crippen LogP contribution is 2.33. The van der Waals surface area contributed by atoms with Gasteiger partial charge in [0.25, 0.3) is 0 Å². The lowest BCUT2D eigenvalue weighted by molar-refractivity contribution is 0.586. The van der Waals surface area contributed by atoms with E-state index in [0.717, 1.165) is 11.1 Å². The van der Waals surface area contributed by atoms with Gasteiger partial charge in [0, 0.05) is 17.2 Å². The molecule has 2 N–H and O–H groups in total. The van der Waals surface area contributed by atoms with Gasteiger partial charge in [0.2, 0.25) is 5.95 Å². The van der Waals surface area contributed by atoms with Crippen LogP contribution in [-0.2, 0) is 0 Å². The van der Waals surface area contributed by atoms with E-state index in [-0.39, 0.29) is 0 Å². The topological polar surface area (TPSA) is 38.9 Å². The lowest BCUT2D eigenvalue weighted by Crippen LogP contribution is -1.99. The van der Waals surface area contributed by atoms with Crippen molar-refractivity contribution in [2.75, 3.05) is 5.73 Å². The molecule has 0 unspecified atom stereocenters. The van der Waals surface area contributed by atoms with E-state index in [1.165, 1.54) is 6.07 Å². The predicted molar refractivity (Wildman–Crippen MR) is 79.5 cm³/mol. The highest BCUT2D eigenvalue weighted by atomic mass is 19.1. The van der Waals surface area contributed by atoms with Crippen LogP contribution in [0.1, 0.15) is 0 Å². The average Bonchev–Trinajstić information content (AvgIpc) is 2.51. The Balaban J connectivity index is 2.22. The average molecular weight is 264 g/mol. The monoisotopic (exact) mass is 264 g/mol. The van der Waals surface area contributed by atoms with Crippen LogP contribution in [0.2, 0.25) is 0 Å². The number of hydrogen-bond acceptors (Lipinski definition) is 2. The first-order chi connectivity index (χ1) is 9.75. The molecular formula is C17H13FN2. The summed E-state index contributed by atoms with van der Waals surface area (Å²) in [5.74, 6) is -0.531. The van der Waals surface area contributed by atoms with E-state index in [2.05, 4.69) is 4.98 Å². The molecule has 0 saturated heterocycles. The highest BCUT2D eigenvalue weighted by molar-refractivity contribution is 5.86. The largest absolute Gasteiger partial charge is 0.396 e. The second-order valence-corrected chi connectivity index (χ2v) is 4.49. The molecule has 0 amide bonds. The van der Waals surface area contributed by atoms with Crippen molar-refractivity contribution in [3.63, 3.8) is 0 Å². The van der Waals surface area contributed by atoms with E-state index < -0.39 is 5.95 Å². The molecule has 0 saturated carbocycles. The number of halogens is 1. The molecule has 0 radical (unpaired) electrons. The molecule has 0 aliphatic rings. The third-order valence-corrected chi connectivity index (χ3v) is 3.16. The minimum atomic E-state index is -0.531. The van der Waals surface area contributed by atoms with Crippen molar-refractivity contribution in [3.8, 4) is 22.4 Å². The van der Waals surface area contributed by atoms with Crippen molar-refractivity contribution < 1.29 is 4.39 Å². The van der Waals surface area contributed by atoms with Crippen LogP contribution in [0, 0.1) is 5.95 Å². The summed E-state index contributed by atoms with van der Waals surface area (Å²) in [4.78, 5) is 3.94. The smallest absolute Gasteiger partial charge is 0.214 e. The maximum Gasteiger partial charge on any atom is 0.214 e. The number of pyridine rings is 1. The van der Waals surface area contributed by atoms with Crippen LogP contribution in [0.4, 0.5) is 10.1 Å². The lowest BCUT2D eigenvalue weighted by Gasteiger charge is -2.11. The number of aromatic nitrogens is 1. The molecule has 3 heteroatoms. The van der Waals surface area contributed by atoms with Crippen molar-refractivity contribution in [2.45, 2.75) is 0 Å². The molecule has 0 spiro atoms. The zero-order chi connectivity index (χ0) is 13.9. The Kier molecular flexibility index (Phi) is 3.17. The summed E-state index contributed by atoms with van der Waals surface area (Å²) in [6.45, 7) is 0. The standard InChI is InChI=1S/C17H13FN2/c18-15-11-14(12-7-3-1-4-8-12)16(19)17(20-15)13-9-5-2-6-10-13/h1-11H,19H2. The molecule has 1 aromatic heterocycles. The number of nitrogens with zero attached hydrogens (tertiary/aromatic N) is 1. The summed E-state index contributed by atoms with van der Waals surface area (Å²) in [7, 11) is 0. The summed E-state index contributed by atoms with van der Waals surface area (Å²) in [6.07, 6.45) is 0. The second-order valence-electron chi connectivity index (χ2n) is 4.49. The molecule has 0 aliphatic carbocycles. The summed E-state index contributed by atoms with van der Waals surface area (Å²) < 4.78 is 13.8. The summed E-state index contributed by atoms with van der Waals surface area (Å²) in [5.41, 5.74) is 9.50. The van der Waals surface area contributed by atoms with Crippen LogP contribution < -0.4 is 5.73 Å². The number of rotatable bonds is 2. The Morgan fingerprint density at radius 2 is 1.35 bits per heavy atom. The van der Waals surface area contributed by atoms with Gasteiger partial charge in [0.05, 0.1) is 11.4 Å². The molecule has 98 valence electrons. The Morgan fingerprint density at radius 3 is 1.95 bits per heavy atom. The molecule has 1 heterocycles. The van der Waals surface area contributed by atoms with Crippen LogP contribution >= 0.6 is 0 Å². The molecular weight excluding hydrogens is 251 g/mol. The number of benzene rings is 2. The Labute approximate surface area is 116 Å². The molecule has 0 bridgehead atoms. The van der Waals surface area contributed by atoms with E-state index >= 15 is 0 Å². The zero-order valence-corrected chi connectivity index (χ0v) is 10.8. The molecule has 3 rings (SSSR count). The van der Waals surface area contributed by atoms with Gasteiger partial charge in [-0.05, 0) is 5.56 Å². The van der Waals surface area contributed by atoms with Gasteiger partial charge in [-0.3, -0.25) is 0 Å². The van der Waals surface area contributed by atoms with Gasteiger partial charge in [-0.15, -0.1) is 0 Å². The molecule has 3 aromatic rings. The van der Waals surface area contributed by atoms with Gasteiger partial charge in [-0.25, -0.2) is 4.98 Å². The van der Waals surface area contributed by atoms with E-state index in [1.54, 1.807) is 0 Å². The highest BCUT2D eigenvalue weighted by Gasteiger charge is 2.12. The zero-order valence-electron chi connectivity index (χ0n) is 10.8. The second kappa shape index (κ2) is 5.13. The molecule has 20 heavy (non-hydrogen) atoms. The summed E-state index contributed by atoms with van der Waals surface area (Å²) in [6, 6.07) is 20.3. The van der Waals surface area contributed by atoms with Gasteiger partial charge in [0.15, 0.2) is 0 Å². The lowest BCUT2D eigenvalue weighted by atomic mass is 10.0. The molecule has 0 fully saturated rings. The first-order valence-corrected chi connectivity index (χ1v) is 6.32. The fraction of sp³-hybridized carbons (Fsp3) is 0. The molecule has 2 aromatic carbocycles. The first-order valence-electron chi connectivity index (χ1n) is 6.32. The molecule has 0 aliphatic heterocycles. The van der Waals surface area contributed by atoms with E-state index in [9.17, 15) is 4.39 Å². The van der Waals surface area contributed by atoms with Crippen molar-refractivity contribution in [1.29, 1.82) is 0 Å². The normalized spacial score (nSPS) is 10.4. The predicted octanol–water partition coefficient (Wildman–Crippen LogP) is 4.14.